The summed E-state index contributed by atoms with van der Waals surface area (Å²) in [6, 6.07) is 0. The number of rotatable bonds is 3. The SMILES string of the molecule is CCC/C=C/[C@H]1CC(C)(C)OC1=O. The third-order valence-electron chi connectivity index (χ3n) is 2.21. The first-order chi connectivity index (χ1) is 6.05. The fourth-order valence-corrected chi connectivity index (χ4v) is 1.58. The van der Waals surface area contributed by atoms with Gasteiger partial charge in [0, 0.05) is 6.42 Å². The molecule has 1 aliphatic heterocycles. The highest BCUT2D eigenvalue weighted by Gasteiger charge is 2.38. The van der Waals surface area contributed by atoms with Gasteiger partial charge in [0.15, 0.2) is 0 Å². The highest BCUT2D eigenvalue weighted by atomic mass is 16.6. The molecule has 0 aliphatic carbocycles. The molecule has 0 N–H and O–H groups in total. The average molecular weight is 182 g/mol. The van der Waals surface area contributed by atoms with Crippen LogP contribution in [0.4, 0.5) is 0 Å². The first-order valence-electron chi connectivity index (χ1n) is 4.94. The minimum absolute atomic E-state index is 0.0125. The lowest BCUT2D eigenvalue weighted by Gasteiger charge is -2.14. The Morgan fingerprint density at radius 1 is 1.62 bits per heavy atom. The fourth-order valence-electron chi connectivity index (χ4n) is 1.58. The molecule has 0 saturated carbocycles. The van der Waals surface area contributed by atoms with Gasteiger partial charge in [-0.05, 0) is 20.3 Å². The fraction of sp³-hybridized carbons (Fsp3) is 0.727. The molecule has 0 aromatic rings. The second-order valence-corrected chi connectivity index (χ2v) is 4.21. The number of cyclic esters (lactones) is 1. The van der Waals surface area contributed by atoms with Gasteiger partial charge < -0.3 is 4.74 Å². The maximum atomic E-state index is 11.3. The first kappa shape index (κ1) is 10.3. The van der Waals surface area contributed by atoms with Crippen molar-refractivity contribution in [1.82, 2.24) is 0 Å². The molecule has 13 heavy (non-hydrogen) atoms. The molecule has 0 radical (unpaired) electrons. The molecule has 2 nitrogen and oxygen atoms in total. The normalized spacial score (nSPS) is 26.7. The van der Waals surface area contributed by atoms with Crippen LogP contribution in [0, 0.1) is 5.92 Å². The van der Waals surface area contributed by atoms with Crippen LogP contribution >= 0.6 is 0 Å². The summed E-state index contributed by atoms with van der Waals surface area (Å²) in [6.45, 7) is 6.04. The van der Waals surface area contributed by atoms with Gasteiger partial charge in [-0.1, -0.05) is 25.5 Å². The molecule has 1 fully saturated rings. The van der Waals surface area contributed by atoms with Gasteiger partial charge in [0.1, 0.15) is 5.60 Å². The van der Waals surface area contributed by atoms with Crippen LogP contribution in [0.5, 0.6) is 0 Å². The Hall–Kier alpha value is -0.790. The molecular weight excluding hydrogens is 164 g/mol. The van der Waals surface area contributed by atoms with Crippen molar-refractivity contribution in [2.45, 2.75) is 45.6 Å². The summed E-state index contributed by atoms with van der Waals surface area (Å²) < 4.78 is 5.20. The molecule has 1 atom stereocenters. The monoisotopic (exact) mass is 182 g/mol. The van der Waals surface area contributed by atoms with Gasteiger partial charge in [-0.3, -0.25) is 4.79 Å². The number of hydrogen-bond donors (Lipinski definition) is 0. The molecule has 0 aromatic heterocycles. The second kappa shape index (κ2) is 3.95. The topological polar surface area (TPSA) is 26.3 Å². The van der Waals surface area contributed by atoms with E-state index < -0.39 is 0 Å². The number of unbranched alkanes of at least 4 members (excludes halogenated alkanes) is 1. The second-order valence-electron chi connectivity index (χ2n) is 4.21. The standard InChI is InChI=1S/C11H18O2/c1-4-5-6-7-9-8-11(2,3)13-10(9)12/h6-7,9H,4-5,8H2,1-3H3/b7-6+/t9-/m0/s1. The van der Waals surface area contributed by atoms with Crippen LogP contribution in [0.2, 0.25) is 0 Å². The Kier molecular flexibility index (Phi) is 3.12. The number of ether oxygens (including phenoxy) is 1. The first-order valence-corrected chi connectivity index (χ1v) is 4.94. The van der Waals surface area contributed by atoms with E-state index in [1.165, 1.54) is 0 Å². The summed E-state index contributed by atoms with van der Waals surface area (Å²) in [6.07, 6.45) is 7.05. The van der Waals surface area contributed by atoms with Crippen molar-refractivity contribution >= 4 is 5.97 Å². The lowest BCUT2D eigenvalue weighted by molar-refractivity contribution is -0.147. The van der Waals surface area contributed by atoms with Gasteiger partial charge in [0.2, 0.25) is 0 Å². The van der Waals surface area contributed by atoms with E-state index in [2.05, 4.69) is 13.0 Å². The van der Waals surface area contributed by atoms with E-state index in [1.54, 1.807) is 0 Å². The molecule has 0 unspecified atom stereocenters. The lowest BCUT2D eigenvalue weighted by atomic mass is 9.97. The molecule has 1 saturated heterocycles. The maximum absolute atomic E-state index is 11.3. The van der Waals surface area contributed by atoms with Crippen molar-refractivity contribution in [3.63, 3.8) is 0 Å². The van der Waals surface area contributed by atoms with Gasteiger partial charge in [-0.2, -0.15) is 0 Å². The van der Waals surface area contributed by atoms with Crippen LogP contribution < -0.4 is 0 Å². The van der Waals surface area contributed by atoms with E-state index in [0.29, 0.717) is 0 Å². The minimum Gasteiger partial charge on any atom is -0.459 e. The average Bonchev–Trinajstić information content (AvgIpc) is 2.25. The third-order valence-corrected chi connectivity index (χ3v) is 2.21. The smallest absolute Gasteiger partial charge is 0.313 e. The molecule has 0 aromatic carbocycles. The van der Waals surface area contributed by atoms with Crippen molar-refractivity contribution in [2.75, 3.05) is 0 Å². The van der Waals surface area contributed by atoms with Crippen LogP contribution in [0.1, 0.15) is 40.0 Å². The van der Waals surface area contributed by atoms with E-state index in [1.807, 2.05) is 19.9 Å². The van der Waals surface area contributed by atoms with E-state index in [4.69, 9.17) is 4.74 Å². The molecule has 0 spiro atoms. The van der Waals surface area contributed by atoms with Gasteiger partial charge in [-0.15, -0.1) is 0 Å². The van der Waals surface area contributed by atoms with Crippen molar-refractivity contribution in [2.24, 2.45) is 5.92 Å². The van der Waals surface area contributed by atoms with Gasteiger partial charge in [0.25, 0.3) is 0 Å². The van der Waals surface area contributed by atoms with E-state index in [9.17, 15) is 4.79 Å². The summed E-state index contributed by atoms with van der Waals surface area (Å²) in [5, 5.41) is 0. The van der Waals surface area contributed by atoms with Crippen LogP contribution in [0.15, 0.2) is 12.2 Å². The predicted octanol–water partition coefficient (Wildman–Crippen LogP) is 2.68. The zero-order valence-electron chi connectivity index (χ0n) is 8.67. The van der Waals surface area contributed by atoms with Gasteiger partial charge in [0.05, 0.1) is 5.92 Å². The van der Waals surface area contributed by atoms with Gasteiger partial charge >= 0.3 is 5.97 Å². The van der Waals surface area contributed by atoms with Crippen molar-refractivity contribution in [3.8, 4) is 0 Å². The summed E-state index contributed by atoms with van der Waals surface area (Å²) in [7, 11) is 0. The van der Waals surface area contributed by atoms with E-state index in [0.717, 1.165) is 19.3 Å². The molecule has 2 heteroatoms. The van der Waals surface area contributed by atoms with Crippen LogP contribution in [0.25, 0.3) is 0 Å². The Morgan fingerprint density at radius 3 is 2.77 bits per heavy atom. The zero-order valence-corrected chi connectivity index (χ0v) is 8.67. The Bertz CT molecular complexity index is 216. The number of carbonyl (C=O) groups excluding carboxylic acids is 1. The maximum Gasteiger partial charge on any atom is 0.313 e. The number of allylic oxidation sites excluding steroid dienone is 1. The molecular formula is C11H18O2. The predicted molar refractivity (Wildman–Crippen MR) is 52.3 cm³/mol. The Labute approximate surface area is 80.0 Å². The number of esters is 1. The molecule has 1 heterocycles. The zero-order chi connectivity index (χ0) is 9.90. The number of hydrogen-bond acceptors (Lipinski definition) is 2. The minimum atomic E-state index is -0.266. The largest absolute Gasteiger partial charge is 0.459 e. The molecule has 74 valence electrons. The van der Waals surface area contributed by atoms with Crippen molar-refractivity contribution < 1.29 is 9.53 Å². The highest BCUT2D eigenvalue weighted by Crippen LogP contribution is 2.31. The quantitative estimate of drug-likeness (QED) is 0.495. The van der Waals surface area contributed by atoms with Crippen LogP contribution in [0.3, 0.4) is 0 Å². The molecule has 0 bridgehead atoms. The Morgan fingerprint density at radius 2 is 2.31 bits per heavy atom. The van der Waals surface area contributed by atoms with E-state index >= 15 is 0 Å². The highest BCUT2D eigenvalue weighted by molar-refractivity contribution is 5.77. The van der Waals surface area contributed by atoms with Crippen molar-refractivity contribution in [3.05, 3.63) is 12.2 Å². The van der Waals surface area contributed by atoms with Gasteiger partial charge in [-0.25, -0.2) is 0 Å². The molecule has 1 aliphatic rings. The van der Waals surface area contributed by atoms with Crippen LogP contribution in [-0.2, 0) is 9.53 Å². The number of carbonyl (C=O) groups is 1. The summed E-state index contributed by atoms with van der Waals surface area (Å²) in [5.41, 5.74) is -0.266. The van der Waals surface area contributed by atoms with E-state index in [-0.39, 0.29) is 17.5 Å². The lowest BCUT2D eigenvalue weighted by Crippen LogP contribution is -2.17. The summed E-state index contributed by atoms with van der Waals surface area (Å²) >= 11 is 0. The molecule has 0 amide bonds. The van der Waals surface area contributed by atoms with Crippen molar-refractivity contribution in [1.29, 1.82) is 0 Å². The van der Waals surface area contributed by atoms with Crippen LogP contribution in [-0.4, -0.2) is 11.6 Å². The summed E-state index contributed by atoms with van der Waals surface area (Å²) in [5.74, 6) is -0.0843. The molecule has 1 rings (SSSR count). The third kappa shape index (κ3) is 2.87. The summed E-state index contributed by atoms with van der Waals surface area (Å²) in [4.78, 5) is 11.3. The Balaban J connectivity index is 2.49.